The number of rotatable bonds is 8. The third kappa shape index (κ3) is 5.44. The molecule has 3 aliphatic rings. The van der Waals surface area contributed by atoms with E-state index in [0.29, 0.717) is 43.0 Å². The van der Waals surface area contributed by atoms with Crippen molar-refractivity contribution < 1.29 is 33.8 Å². The number of aliphatic hydroxyl groups is 1. The molecule has 4 rings (SSSR count). The molecule has 0 aromatic heterocycles. The molecule has 2 aliphatic carbocycles. The number of esters is 1. The van der Waals surface area contributed by atoms with Crippen LogP contribution in [0.1, 0.15) is 84.3 Å². The SMILES string of the molecule is C=C[C@]1(C)C[C@@H](OC(=O)COc2ccc3c(c2C)B(O)OC3)[C@@]2(C)C[C@](CCC(C)=O)(CC[C@H]2C)[C@@H](C)[C@@H]1O. The lowest BCUT2D eigenvalue weighted by molar-refractivity contribution is -0.190. The first-order valence-corrected chi connectivity index (χ1v) is 14.3. The summed E-state index contributed by atoms with van der Waals surface area (Å²) in [4.78, 5) is 25.3. The maximum Gasteiger partial charge on any atom is 0.492 e. The molecule has 2 N–H and O–H groups in total. The Morgan fingerprint density at radius 1 is 1.28 bits per heavy atom. The second-order valence-corrected chi connectivity index (χ2v) is 13.0. The highest BCUT2D eigenvalue weighted by atomic mass is 16.6. The molecule has 8 heteroatoms. The summed E-state index contributed by atoms with van der Waals surface area (Å²) in [5, 5.41) is 21.8. The summed E-state index contributed by atoms with van der Waals surface area (Å²) in [5.41, 5.74) is 1.11. The second-order valence-electron chi connectivity index (χ2n) is 13.0. The average Bonchev–Trinajstić information content (AvgIpc) is 3.28. The molecular formula is C31H45BO7. The van der Waals surface area contributed by atoms with Crippen molar-refractivity contribution in [3.8, 4) is 5.75 Å². The maximum atomic E-state index is 13.3. The molecule has 1 aromatic carbocycles. The quantitative estimate of drug-likeness (QED) is 0.288. The normalized spacial score (nSPS) is 35.9. The van der Waals surface area contributed by atoms with Gasteiger partial charge < -0.3 is 29.1 Å². The lowest BCUT2D eigenvalue weighted by atomic mass is 9.47. The highest BCUT2D eigenvalue weighted by Crippen LogP contribution is 2.62. The summed E-state index contributed by atoms with van der Waals surface area (Å²) in [7, 11) is -0.994. The van der Waals surface area contributed by atoms with Crippen LogP contribution in [0, 0.1) is 35.0 Å². The van der Waals surface area contributed by atoms with Crippen LogP contribution < -0.4 is 10.2 Å². The fourth-order valence-electron chi connectivity index (χ4n) is 7.55. The first-order valence-electron chi connectivity index (χ1n) is 14.3. The zero-order chi connectivity index (χ0) is 28.8. The number of hydrogen-bond acceptors (Lipinski definition) is 7. The van der Waals surface area contributed by atoms with Crippen molar-refractivity contribution in [3.05, 3.63) is 35.9 Å². The standard InChI is InChI=1S/C31H45BO7/c1-8-29(6)15-25(39-26(34)17-37-24-10-9-23-16-38-32(36)27(23)21(24)4)30(7)18-31(13-11-19(30)2,14-12-20(3)33)22(5)28(29)35/h8-10,19,22,25,28,35-36H,1,11-18H2,2-7H3/t19-,22+,25-,28+,29-,30+,31-/m1/s1. The van der Waals surface area contributed by atoms with E-state index in [0.717, 1.165) is 30.4 Å². The van der Waals surface area contributed by atoms with Crippen molar-refractivity contribution in [1.82, 2.24) is 0 Å². The summed E-state index contributed by atoms with van der Waals surface area (Å²) >= 11 is 0. The molecule has 7 nitrogen and oxygen atoms in total. The van der Waals surface area contributed by atoms with Crippen molar-refractivity contribution >= 4 is 24.3 Å². The van der Waals surface area contributed by atoms with E-state index in [4.69, 9.17) is 14.1 Å². The number of fused-ring (bicyclic) bond motifs is 3. The Kier molecular flexibility index (Phi) is 8.43. The highest BCUT2D eigenvalue weighted by Gasteiger charge is 2.58. The predicted octanol–water partition coefficient (Wildman–Crippen LogP) is 4.28. The summed E-state index contributed by atoms with van der Waals surface area (Å²) in [6.07, 6.45) is 4.97. The average molecular weight is 541 g/mol. The van der Waals surface area contributed by atoms with Gasteiger partial charge in [-0.3, -0.25) is 0 Å². The molecule has 1 heterocycles. The molecular weight excluding hydrogens is 495 g/mol. The Hall–Kier alpha value is -2.16. The minimum absolute atomic E-state index is 0.0335. The predicted molar refractivity (Wildman–Crippen MR) is 151 cm³/mol. The topological polar surface area (TPSA) is 102 Å². The first-order chi connectivity index (χ1) is 18.3. The first kappa shape index (κ1) is 29.8. The Bertz CT molecular complexity index is 1120. The van der Waals surface area contributed by atoms with E-state index in [1.165, 1.54) is 0 Å². The number of carbonyl (C=O) groups excluding carboxylic acids is 2. The maximum absolute atomic E-state index is 13.3. The molecule has 1 aromatic rings. The third-order valence-corrected chi connectivity index (χ3v) is 10.7. The molecule has 0 unspecified atom stereocenters. The number of ether oxygens (including phenoxy) is 2. The van der Waals surface area contributed by atoms with E-state index in [1.807, 2.05) is 19.9 Å². The van der Waals surface area contributed by atoms with Crippen LogP contribution in [0.2, 0.25) is 0 Å². The van der Waals surface area contributed by atoms with Gasteiger partial charge in [-0.25, -0.2) is 4.79 Å². The largest absolute Gasteiger partial charge is 0.492 e. The summed E-state index contributed by atoms with van der Waals surface area (Å²) < 4.78 is 17.4. The van der Waals surface area contributed by atoms with E-state index in [9.17, 15) is 19.7 Å². The summed E-state index contributed by atoms with van der Waals surface area (Å²) in [6.45, 7) is 16.2. The number of benzene rings is 1. The van der Waals surface area contributed by atoms with Gasteiger partial charge in [0.25, 0.3) is 0 Å². The molecule has 0 spiro atoms. The van der Waals surface area contributed by atoms with Gasteiger partial charge >= 0.3 is 13.1 Å². The fraction of sp³-hybridized carbons (Fsp3) is 0.677. The highest BCUT2D eigenvalue weighted by molar-refractivity contribution is 6.62. The van der Waals surface area contributed by atoms with Crippen LogP contribution in [0.3, 0.4) is 0 Å². The van der Waals surface area contributed by atoms with Gasteiger partial charge in [0, 0.05) is 17.3 Å². The Morgan fingerprint density at radius 3 is 2.67 bits per heavy atom. The van der Waals surface area contributed by atoms with Crippen molar-refractivity contribution in [1.29, 1.82) is 0 Å². The smallest absolute Gasteiger partial charge is 0.482 e. The number of carbonyl (C=O) groups is 2. The van der Waals surface area contributed by atoms with Gasteiger partial charge in [0.15, 0.2) is 6.61 Å². The Morgan fingerprint density at radius 2 is 2.00 bits per heavy atom. The van der Waals surface area contributed by atoms with Gasteiger partial charge in [-0.05, 0) is 85.9 Å². The molecule has 39 heavy (non-hydrogen) atoms. The van der Waals surface area contributed by atoms with Crippen LogP contribution in [0.4, 0.5) is 0 Å². The van der Waals surface area contributed by atoms with Crippen molar-refractivity contribution in [3.63, 3.8) is 0 Å². The van der Waals surface area contributed by atoms with Crippen LogP contribution in [-0.4, -0.2) is 47.8 Å². The van der Waals surface area contributed by atoms with Gasteiger partial charge in [-0.2, -0.15) is 0 Å². The Balaban J connectivity index is 1.59. The summed E-state index contributed by atoms with van der Waals surface area (Å²) in [6, 6.07) is 3.64. The molecule has 1 aliphatic heterocycles. The molecule has 7 atom stereocenters. The van der Waals surface area contributed by atoms with E-state index in [2.05, 4.69) is 27.4 Å². The van der Waals surface area contributed by atoms with Crippen LogP contribution in [0.15, 0.2) is 24.8 Å². The minimum Gasteiger partial charge on any atom is -0.482 e. The molecule has 2 bridgehead atoms. The van der Waals surface area contributed by atoms with E-state index in [1.54, 1.807) is 19.1 Å². The van der Waals surface area contributed by atoms with Crippen LogP contribution in [-0.2, 0) is 25.6 Å². The number of aliphatic hydroxyl groups excluding tert-OH is 1. The monoisotopic (exact) mass is 540 g/mol. The molecule has 214 valence electrons. The fourth-order valence-corrected chi connectivity index (χ4v) is 7.55. The number of ketones is 1. The van der Waals surface area contributed by atoms with Crippen LogP contribution in [0.5, 0.6) is 5.75 Å². The van der Waals surface area contributed by atoms with Crippen molar-refractivity contribution in [2.45, 2.75) is 98.9 Å². The lowest BCUT2D eigenvalue weighted by Crippen LogP contribution is -2.58. The van der Waals surface area contributed by atoms with Gasteiger partial charge in [-0.1, -0.05) is 39.8 Å². The number of Topliss-reactive ketones (excluding diaryl/α,β-unsaturated/α-hetero) is 1. The zero-order valence-corrected chi connectivity index (χ0v) is 24.4. The van der Waals surface area contributed by atoms with Crippen molar-refractivity contribution in [2.75, 3.05) is 6.61 Å². The third-order valence-electron chi connectivity index (χ3n) is 10.7. The summed E-state index contributed by atoms with van der Waals surface area (Å²) in [5.74, 6) is 0.446. The molecule has 0 radical (unpaired) electrons. The van der Waals surface area contributed by atoms with E-state index in [-0.39, 0.29) is 29.1 Å². The van der Waals surface area contributed by atoms with Gasteiger partial charge in [0.1, 0.15) is 17.6 Å². The Labute approximate surface area is 233 Å². The van der Waals surface area contributed by atoms with Gasteiger partial charge in [0.2, 0.25) is 0 Å². The van der Waals surface area contributed by atoms with Crippen LogP contribution >= 0.6 is 0 Å². The number of hydrogen-bond donors (Lipinski definition) is 2. The van der Waals surface area contributed by atoms with Gasteiger partial charge in [-0.15, -0.1) is 6.58 Å². The molecule has 2 fully saturated rings. The molecule has 0 saturated heterocycles. The zero-order valence-electron chi connectivity index (χ0n) is 24.4. The van der Waals surface area contributed by atoms with Gasteiger partial charge in [0.05, 0.1) is 12.7 Å². The van der Waals surface area contributed by atoms with Crippen molar-refractivity contribution in [2.24, 2.45) is 28.1 Å². The molecule has 2 saturated carbocycles. The second kappa shape index (κ2) is 11.0. The molecule has 0 amide bonds. The van der Waals surface area contributed by atoms with E-state index >= 15 is 0 Å². The van der Waals surface area contributed by atoms with Crippen LogP contribution in [0.25, 0.3) is 0 Å². The minimum atomic E-state index is -0.994. The lowest BCUT2D eigenvalue weighted by Gasteiger charge is -2.60. The van der Waals surface area contributed by atoms with E-state index < -0.39 is 30.7 Å².